The van der Waals surface area contributed by atoms with Crippen molar-refractivity contribution in [2.24, 2.45) is 5.41 Å². The minimum atomic E-state index is -0.849. The van der Waals surface area contributed by atoms with Crippen LogP contribution in [0.4, 0.5) is 0 Å². The summed E-state index contributed by atoms with van der Waals surface area (Å²) in [5, 5.41) is 15.1. The van der Waals surface area contributed by atoms with E-state index in [0.717, 1.165) is 18.7 Å². The van der Waals surface area contributed by atoms with Crippen molar-refractivity contribution in [2.45, 2.75) is 33.6 Å². The average molecular weight is 254 g/mol. The van der Waals surface area contributed by atoms with E-state index in [-0.39, 0.29) is 12.5 Å². The Morgan fingerprint density at radius 3 is 2.22 bits per heavy atom. The number of hydrogen-bond donors (Lipinski definition) is 3. The Labute approximate surface area is 108 Å². The van der Waals surface area contributed by atoms with Gasteiger partial charge in [-0.25, -0.2) is 0 Å². The zero-order valence-electron chi connectivity index (χ0n) is 11.3. The molecule has 0 aromatic carbocycles. The topological polar surface area (TPSA) is 78.4 Å². The SMILES string of the molecule is CCC(CC)(CNC(=O)C(C)=C1CNC1)C(=O)O. The van der Waals surface area contributed by atoms with Crippen molar-refractivity contribution in [3.8, 4) is 0 Å². The van der Waals surface area contributed by atoms with Gasteiger partial charge in [0.15, 0.2) is 0 Å². The van der Waals surface area contributed by atoms with Crippen LogP contribution in [0, 0.1) is 5.41 Å². The number of rotatable bonds is 6. The fourth-order valence-corrected chi connectivity index (χ4v) is 1.94. The van der Waals surface area contributed by atoms with Gasteiger partial charge in [-0.2, -0.15) is 0 Å². The molecule has 1 fully saturated rings. The van der Waals surface area contributed by atoms with E-state index in [2.05, 4.69) is 10.6 Å². The van der Waals surface area contributed by atoms with E-state index in [1.54, 1.807) is 6.92 Å². The Bertz CT molecular complexity index is 364. The van der Waals surface area contributed by atoms with Gasteiger partial charge in [-0.05, 0) is 25.3 Å². The number of aliphatic carboxylic acids is 1. The molecule has 1 saturated heterocycles. The first-order chi connectivity index (χ1) is 8.46. The van der Waals surface area contributed by atoms with Gasteiger partial charge >= 0.3 is 5.97 Å². The first kappa shape index (κ1) is 14.7. The quantitative estimate of drug-likeness (QED) is 0.616. The summed E-state index contributed by atoms with van der Waals surface area (Å²) < 4.78 is 0. The molecular formula is C13H22N2O3. The minimum absolute atomic E-state index is 0.154. The summed E-state index contributed by atoms with van der Waals surface area (Å²) in [4.78, 5) is 23.2. The highest BCUT2D eigenvalue weighted by Gasteiger charge is 2.35. The molecule has 1 rings (SSSR count). The molecule has 0 saturated carbocycles. The van der Waals surface area contributed by atoms with E-state index >= 15 is 0 Å². The second-order valence-electron chi connectivity index (χ2n) is 4.81. The first-order valence-electron chi connectivity index (χ1n) is 6.37. The summed E-state index contributed by atoms with van der Waals surface area (Å²) >= 11 is 0. The monoisotopic (exact) mass is 254 g/mol. The molecular weight excluding hydrogens is 232 g/mol. The third-order valence-corrected chi connectivity index (χ3v) is 3.94. The number of carbonyl (C=O) groups excluding carboxylic acids is 1. The molecule has 0 unspecified atom stereocenters. The Morgan fingerprint density at radius 1 is 1.33 bits per heavy atom. The lowest BCUT2D eigenvalue weighted by atomic mass is 9.82. The van der Waals surface area contributed by atoms with Crippen LogP contribution in [-0.4, -0.2) is 36.6 Å². The van der Waals surface area contributed by atoms with Gasteiger partial charge in [0.1, 0.15) is 0 Å². The summed E-state index contributed by atoms with van der Waals surface area (Å²) in [5.74, 6) is -0.998. The van der Waals surface area contributed by atoms with Gasteiger partial charge < -0.3 is 15.7 Å². The zero-order valence-corrected chi connectivity index (χ0v) is 11.3. The lowest BCUT2D eigenvalue weighted by molar-refractivity contribution is -0.149. The molecule has 0 atom stereocenters. The summed E-state index contributed by atoms with van der Waals surface area (Å²) in [5.41, 5.74) is 0.958. The highest BCUT2D eigenvalue weighted by atomic mass is 16.4. The van der Waals surface area contributed by atoms with Gasteiger partial charge in [0.25, 0.3) is 0 Å². The maximum absolute atomic E-state index is 11.9. The molecule has 3 N–H and O–H groups in total. The van der Waals surface area contributed by atoms with Crippen LogP contribution in [-0.2, 0) is 9.59 Å². The highest BCUT2D eigenvalue weighted by molar-refractivity contribution is 5.94. The molecule has 102 valence electrons. The number of hydrogen-bond acceptors (Lipinski definition) is 3. The molecule has 0 radical (unpaired) electrons. The third-order valence-electron chi connectivity index (χ3n) is 3.94. The van der Waals surface area contributed by atoms with E-state index in [1.807, 2.05) is 13.8 Å². The van der Waals surface area contributed by atoms with Crippen molar-refractivity contribution >= 4 is 11.9 Å². The van der Waals surface area contributed by atoms with Crippen LogP contribution >= 0.6 is 0 Å². The van der Waals surface area contributed by atoms with Gasteiger partial charge in [-0.15, -0.1) is 0 Å². The lowest BCUT2D eigenvalue weighted by Gasteiger charge is -2.27. The third kappa shape index (κ3) is 2.90. The number of carboxylic acids is 1. The minimum Gasteiger partial charge on any atom is -0.481 e. The van der Waals surface area contributed by atoms with E-state index in [0.29, 0.717) is 18.4 Å². The highest BCUT2D eigenvalue weighted by Crippen LogP contribution is 2.25. The fraction of sp³-hybridized carbons (Fsp3) is 0.692. The van der Waals surface area contributed by atoms with Crippen molar-refractivity contribution in [3.05, 3.63) is 11.1 Å². The smallest absolute Gasteiger partial charge is 0.311 e. The number of carbonyl (C=O) groups is 2. The Morgan fingerprint density at radius 2 is 1.89 bits per heavy atom. The molecule has 1 heterocycles. The van der Waals surface area contributed by atoms with E-state index < -0.39 is 11.4 Å². The Hall–Kier alpha value is -1.36. The molecule has 5 heteroatoms. The summed E-state index contributed by atoms with van der Waals surface area (Å²) in [6, 6.07) is 0. The van der Waals surface area contributed by atoms with Gasteiger partial charge in [-0.3, -0.25) is 9.59 Å². The normalized spacial score (nSPS) is 14.9. The van der Waals surface area contributed by atoms with E-state index in [1.165, 1.54) is 0 Å². The second kappa shape index (κ2) is 6.00. The summed E-state index contributed by atoms with van der Waals surface area (Å²) in [6.45, 7) is 7.16. The molecule has 1 amide bonds. The van der Waals surface area contributed by atoms with Crippen LogP contribution in [0.2, 0.25) is 0 Å². The summed E-state index contributed by atoms with van der Waals surface area (Å²) in [6.07, 6.45) is 1.02. The number of nitrogens with one attached hydrogen (secondary N) is 2. The van der Waals surface area contributed by atoms with Crippen LogP contribution in [0.25, 0.3) is 0 Å². The average Bonchev–Trinajstić information content (AvgIpc) is 2.28. The lowest BCUT2D eigenvalue weighted by Crippen LogP contribution is -2.44. The van der Waals surface area contributed by atoms with Gasteiger partial charge in [0.2, 0.25) is 5.91 Å². The van der Waals surface area contributed by atoms with Crippen LogP contribution in [0.5, 0.6) is 0 Å². The van der Waals surface area contributed by atoms with Crippen LogP contribution in [0.3, 0.4) is 0 Å². The second-order valence-corrected chi connectivity index (χ2v) is 4.81. The summed E-state index contributed by atoms with van der Waals surface area (Å²) in [7, 11) is 0. The standard InChI is InChI=1S/C13H22N2O3/c1-4-13(5-2,12(17)18)8-15-11(16)9(3)10-6-14-7-10/h14H,4-8H2,1-3H3,(H,15,16)(H,17,18). The van der Waals surface area contributed by atoms with Gasteiger partial charge in [0.05, 0.1) is 5.41 Å². The molecule has 1 aliphatic heterocycles. The van der Waals surface area contributed by atoms with Crippen molar-refractivity contribution in [3.63, 3.8) is 0 Å². The Kier molecular flexibility index (Phi) is 4.90. The molecule has 5 nitrogen and oxygen atoms in total. The van der Waals surface area contributed by atoms with Gasteiger partial charge in [0, 0.05) is 25.2 Å². The van der Waals surface area contributed by atoms with Crippen LogP contribution < -0.4 is 10.6 Å². The van der Waals surface area contributed by atoms with Crippen molar-refractivity contribution in [2.75, 3.05) is 19.6 Å². The molecule has 0 aromatic heterocycles. The van der Waals surface area contributed by atoms with Crippen LogP contribution in [0.15, 0.2) is 11.1 Å². The largest absolute Gasteiger partial charge is 0.481 e. The predicted molar refractivity (Wildman–Crippen MR) is 69.2 cm³/mol. The number of amides is 1. The van der Waals surface area contributed by atoms with Crippen LogP contribution in [0.1, 0.15) is 33.6 Å². The molecule has 1 aliphatic rings. The zero-order chi connectivity index (χ0) is 13.8. The number of carboxylic acid groups (broad SMARTS) is 1. The molecule has 0 aliphatic carbocycles. The molecule has 0 bridgehead atoms. The fourth-order valence-electron chi connectivity index (χ4n) is 1.94. The maximum Gasteiger partial charge on any atom is 0.311 e. The first-order valence-corrected chi connectivity index (χ1v) is 6.37. The predicted octanol–water partition coefficient (Wildman–Crippen LogP) is 0.913. The Balaban J connectivity index is 2.63. The van der Waals surface area contributed by atoms with Crippen molar-refractivity contribution < 1.29 is 14.7 Å². The molecule has 0 spiro atoms. The van der Waals surface area contributed by atoms with E-state index in [9.17, 15) is 14.7 Å². The molecule has 18 heavy (non-hydrogen) atoms. The maximum atomic E-state index is 11.9. The molecule has 0 aromatic rings. The van der Waals surface area contributed by atoms with Crippen molar-refractivity contribution in [1.29, 1.82) is 0 Å². The van der Waals surface area contributed by atoms with E-state index in [4.69, 9.17) is 0 Å². The van der Waals surface area contributed by atoms with Gasteiger partial charge in [-0.1, -0.05) is 13.8 Å². The van der Waals surface area contributed by atoms with Crippen molar-refractivity contribution in [1.82, 2.24) is 10.6 Å².